The summed E-state index contributed by atoms with van der Waals surface area (Å²) in [4.78, 5) is 14.0. The number of hydrogen-bond donors (Lipinski definition) is 0. The second-order valence-electron chi connectivity index (χ2n) is 5.41. The highest BCUT2D eigenvalue weighted by Gasteiger charge is 2.74. The first-order chi connectivity index (χ1) is 8.79. The molecule has 92 valence electrons. The van der Waals surface area contributed by atoms with Gasteiger partial charge in [0.05, 0.1) is 6.54 Å². The third kappa shape index (κ3) is 1.44. The van der Waals surface area contributed by atoms with E-state index < -0.39 is 0 Å². The molecule has 2 fully saturated rings. The molecule has 0 amide bonds. The lowest BCUT2D eigenvalue weighted by Crippen LogP contribution is -2.31. The summed E-state index contributed by atoms with van der Waals surface area (Å²) in [5.74, 6) is -0.109. The molecule has 3 heteroatoms. The van der Waals surface area contributed by atoms with Crippen molar-refractivity contribution in [3.8, 4) is 0 Å². The van der Waals surface area contributed by atoms with Gasteiger partial charge in [-0.15, -0.1) is 0 Å². The van der Waals surface area contributed by atoms with Gasteiger partial charge in [-0.3, -0.25) is 9.69 Å². The van der Waals surface area contributed by atoms with Gasteiger partial charge in [0.1, 0.15) is 6.61 Å². The number of esters is 1. The third-order valence-corrected chi connectivity index (χ3v) is 4.32. The van der Waals surface area contributed by atoms with Crippen molar-refractivity contribution in [2.75, 3.05) is 13.1 Å². The molecule has 0 aromatic heterocycles. The summed E-state index contributed by atoms with van der Waals surface area (Å²) in [6.07, 6.45) is 3.55. The van der Waals surface area contributed by atoms with Gasteiger partial charge in [-0.1, -0.05) is 36.4 Å². The molecule has 1 aliphatic heterocycles. The Morgan fingerprint density at radius 3 is 2.89 bits per heavy atom. The molecule has 2 atom stereocenters. The van der Waals surface area contributed by atoms with E-state index in [-0.39, 0.29) is 5.97 Å². The highest BCUT2D eigenvalue weighted by atomic mass is 16.5. The average Bonchev–Trinajstić information content (AvgIpc) is 3.21. The van der Waals surface area contributed by atoms with Gasteiger partial charge in [-0.25, -0.2) is 0 Å². The molecule has 4 rings (SSSR count). The van der Waals surface area contributed by atoms with E-state index in [9.17, 15) is 4.79 Å². The van der Waals surface area contributed by atoms with Crippen molar-refractivity contribution in [3.63, 3.8) is 0 Å². The highest BCUT2D eigenvalue weighted by molar-refractivity contribution is 5.74. The molecule has 1 saturated heterocycles. The summed E-state index contributed by atoms with van der Waals surface area (Å²) < 4.78 is 5.30. The molecule has 0 N–H and O–H groups in total. The van der Waals surface area contributed by atoms with Gasteiger partial charge in [0.15, 0.2) is 0 Å². The summed E-state index contributed by atoms with van der Waals surface area (Å²) in [5, 5.41) is 0. The number of fused-ring (bicyclic) bond motifs is 1. The number of hydrogen-bond acceptors (Lipinski definition) is 3. The topological polar surface area (TPSA) is 29.5 Å². The van der Waals surface area contributed by atoms with Crippen LogP contribution in [0.2, 0.25) is 0 Å². The molecule has 0 bridgehead atoms. The maximum atomic E-state index is 11.8. The standard InChI is InChI=1S/C15H15NO2/c17-13(18-10-11-4-2-1-3-5-11)9-16-7-6-15-8-12(15)14(15)16/h1-5,8,14H,6-7,9-10H2/t14-,15+/m1/s1. The zero-order chi connectivity index (χ0) is 12.2. The molecule has 1 spiro atoms. The van der Waals surface area contributed by atoms with Gasteiger partial charge >= 0.3 is 5.97 Å². The fourth-order valence-electron chi connectivity index (χ4n) is 3.16. The van der Waals surface area contributed by atoms with E-state index in [0.29, 0.717) is 24.6 Å². The number of rotatable bonds is 4. The first kappa shape index (κ1) is 10.3. The Morgan fingerprint density at radius 1 is 1.39 bits per heavy atom. The predicted molar refractivity (Wildman–Crippen MR) is 66.7 cm³/mol. The Hall–Kier alpha value is -1.61. The molecule has 0 radical (unpaired) electrons. The van der Waals surface area contributed by atoms with Crippen molar-refractivity contribution in [3.05, 3.63) is 47.5 Å². The quantitative estimate of drug-likeness (QED) is 0.594. The Bertz CT molecular complexity index is 537. The van der Waals surface area contributed by atoms with Crippen LogP contribution in [0, 0.1) is 5.41 Å². The van der Waals surface area contributed by atoms with E-state index in [1.807, 2.05) is 30.3 Å². The van der Waals surface area contributed by atoms with Crippen LogP contribution < -0.4 is 0 Å². The molecule has 1 saturated carbocycles. The van der Waals surface area contributed by atoms with Crippen LogP contribution >= 0.6 is 0 Å². The Kier molecular flexibility index (Phi) is 1.98. The van der Waals surface area contributed by atoms with Crippen LogP contribution in [0.4, 0.5) is 0 Å². The first-order valence-electron chi connectivity index (χ1n) is 6.46. The number of ether oxygens (including phenoxy) is 1. The van der Waals surface area contributed by atoms with E-state index in [4.69, 9.17) is 4.74 Å². The van der Waals surface area contributed by atoms with Crippen LogP contribution in [0.5, 0.6) is 0 Å². The van der Waals surface area contributed by atoms with Crippen LogP contribution in [-0.2, 0) is 16.1 Å². The monoisotopic (exact) mass is 241 g/mol. The first-order valence-corrected chi connectivity index (χ1v) is 6.46. The molecule has 1 heterocycles. The van der Waals surface area contributed by atoms with Crippen LogP contribution in [0.3, 0.4) is 0 Å². The van der Waals surface area contributed by atoms with Gasteiger partial charge in [0.25, 0.3) is 0 Å². The lowest BCUT2D eigenvalue weighted by Gasteiger charge is -2.16. The SMILES string of the molecule is O=C(CN1CC[C@]23C=C2[C@@H]13)OCc1ccccc1. The minimum Gasteiger partial charge on any atom is -0.460 e. The van der Waals surface area contributed by atoms with Crippen molar-refractivity contribution < 1.29 is 9.53 Å². The van der Waals surface area contributed by atoms with Gasteiger partial charge < -0.3 is 4.74 Å². The second kappa shape index (κ2) is 3.45. The van der Waals surface area contributed by atoms with E-state index in [2.05, 4.69) is 11.0 Å². The van der Waals surface area contributed by atoms with Crippen molar-refractivity contribution in [1.82, 2.24) is 4.90 Å². The maximum Gasteiger partial charge on any atom is 0.320 e. The molecular weight excluding hydrogens is 226 g/mol. The van der Waals surface area contributed by atoms with Crippen molar-refractivity contribution in [2.24, 2.45) is 5.41 Å². The number of likely N-dealkylation sites (tertiary alicyclic amines) is 1. The van der Waals surface area contributed by atoms with Gasteiger partial charge in [-0.05, 0) is 17.6 Å². The Balaban J connectivity index is 1.28. The largest absolute Gasteiger partial charge is 0.460 e. The third-order valence-electron chi connectivity index (χ3n) is 4.32. The molecule has 18 heavy (non-hydrogen) atoms. The molecule has 2 aliphatic carbocycles. The van der Waals surface area contributed by atoms with Crippen molar-refractivity contribution >= 4 is 5.97 Å². The van der Waals surface area contributed by atoms with E-state index in [0.717, 1.165) is 12.1 Å². The van der Waals surface area contributed by atoms with Crippen LogP contribution in [0.15, 0.2) is 42.0 Å². The smallest absolute Gasteiger partial charge is 0.320 e. The highest BCUT2D eigenvalue weighted by Crippen LogP contribution is 2.74. The predicted octanol–water partition coefficient (Wildman–Crippen LogP) is 1.74. The molecule has 1 aromatic carbocycles. The van der Waals surface area contributed by atoms with Crippen molar-refractivity contribution in [2.45, 2.75) is 19.1 Å². The number of carbonyl (C=O) groups is 1. The number of carbonyl (C=O) groups excluding carboxylic acids is 1. The summed E-state index contributed by atoms with van der Waals surface area (Å²) in [6.45, 7) is 1.85. The van der Waals surface area contributed by atoms with E-state index in [1.165, 1.54) is 6.42 Å². The van der Waals surface area contributed by atoms with Gasteiger partial charge in [0.2, 0.25) is 0 Å². The molecular formula is C15H15NO2. The van der Waals surface area contributed by atoms with E-state index in [1.54, 1.807) is 5.57 Å². The fourth-order valence-corrected chi connectivity index (χ4v) is 3.16. The number of nitrogens with zero attached hydrogens (tertiary/aromatic N) is 1. The molecule has 0 unspecified atom stereocenters. The van der Waals surface area contributed by atoms with Crippen LogP contribution in [-0.4, -0.2) is 30.0 Å². The molecule has 3 nitrogen and oxygen atoms in total. The number of benzene rings is 1. The van der Waals surface area contributed by atoms with Crippen LogP contribution in [0.1, 0.15) is 12.0 Å². The summed E-state index contributed by atoms with van der Waals surface area (Å²) >= 11 is 0. The number of piperidine rings is 1. The summed E-state index contributed by atoms with van der Waals surface area (Å²) in [5.41, 5.74) is 3.06. The van der Waals surface area contributed by atoms with E-state index >= 15 is 0 Å². The normalized spacial score (nSPS) is 31.3. The lowest BCUT2D eigenvalue weighted by atomic mass is 10.2. The van der Waals surface area contributed by atoms with Crippen molar-refractivity contribution in [1.29, 1.82) is 0 Å². The summed E-state index contributed by atoms with van der Waals surface area (Å²) in [6, 6.07) is 10.4. The maximum absolute atomic E-state index is 11.8. The zero-order valence-electron chi connectivity index (χ0n) is 10.1. The Morgan fingerprint density at radius 2 is 2.22 bits per heavy atom. The van der Waals surface area contributed by atoms with Gasteiger partial charge in [0, 0.05) is 18.0 Å². The minimum atomic E-state index is -0.109. The molecule has 1 aromatic rings. The minimum absolute atomic E-state index is 0.109. The van der Waals surface area contributed by atoms with Gasteiger partial charge in [-0.2, -0.15) is 0 Å². The molecule has 3 aliphatic rings. The Labute approximate surface area is 106 Å². The average molecular weight is 241 g/mol. The fraction of sp³-hybridized carbons (Fsp3) is 0.400. The van der Waals surface area contributed by atoms with Crippen LogP contribution in [0.25, 0.3) is 0 Å². The summed E-state index contributed by atoms with van der Waals surface area (Å²) in [7, 11) is 0. The second-order valence-corrected chi connectivity index (χ2v) is 5.41. The zero-order valence-corrected chi connectivity index (χ0v) is 10.1. The lowest BCUT2D eigenvalue weighted by molar-refractivity contribution is -0.146.